The second-order valence-electron chi connectivity index (χ2n) is 5.33. The van der Waals surface area contributed by atoms with E-state index in [1.807, 2.05) is 6.92 Å². The van der Waals surface area contributed by atoms with Gasteiger partial charge in [-0.3, -0.25) is 9.59 Å². The van der Waals surface area contributed by atoms with Crippen LogP contribution in [0.25, 0.3) is 11.5 Å². The van der Waals surface area contributed by atoms with Crippen LogP contribution in [0.1, 0.15) is 25.7 Å². The molecule has 0 N–H and O–H groups in total. The van der Waals surface area contributed by atoms with Gasteiger partial charge in [-0.1, -0.05) is 6.92 Å². The predicted octanol–water partition coefficient (Wildman–Crippen LogP) is 1.08. The number of aryl methyl sites for hydroxylation is 1. The third kappa shape index (κ3) is 2.93. The van der Waals surface area contributed by atoms with Crippen LogP contribution in [0.4, 0.5) is 0 Å². The van der Waals surface area contributed by atoms with Gasteiger partial charge in [0.25, 0.3) is 5.56 Å². The lowest BCUT2D eigenvalue weighted by molar-refractivity contribution is -0.130. The third-order valence-corrected chi connectivity index (χ3v) is 3.76. The van der Waals surface area contributed by atoms with E-state index in [0.717, 1.165) is 25.9 Å². The molecule has 1 amide bonds. The van der Waals surface area contributed by atoms with E-state index < -0.39 is 0 Å². The van der Waals surface area contributed by atoms with E-state index >= 15 is 0 Å². The third-order valence-electron chi connectivity index (χ3n) is 3.76. The Bertz CT molecular complexity index is 728. The van der Waals surface area contributed by atoms with Gasteiger partial charge in [0, 0.05) is 31.8 Å². The summed E-state index contributed by atoms with van der Waals surface area (Å²) in [5.41, 5.74) is 0.424. The van der Waals surface area contributed by atoms with E-state index in [0.29, 0.717) is 23.8 Å². The van der Waals surface area contributed by atoms with Gasteiger partial charge in [-0.15, -0.1) is 10.2 Å². The Morgan fingerprint density at radius 1 is 1.27 bits per heavy atom. The fourth-order valence-electron chi connectivity index (χ4n) is 2.51. The first kappa shape index (κ1) is 14.5. The first-order valence-corrected chi connectivity index (χ1v) is 7.48. The van der Waals surface area contributed by atoms with Crippen molar-refractivity contribution in [2.45, 2.75) is 32.7 Å². The summed E-state index contributed by atoms with van der Waals surface area (Å²) in [5, 5.41) is 7.87. The van der Waals surface area contributed by atoms with Crippen molar-refractivity contribution in [3.63, 3.8) is 0 Å². The van der Waals surface area contributed by atoms with Crippen molar-refractivity contribution in [3.8, 4) is 11.5 Å². The van der Waals surface area contributed by atoms with Crippen molar-refractivity contribution in [2.24, 2.45) is 0 Å². The van der Waals surface area contributed by atoms with Gasteiger partial charge in [0.1, 0.15) is 6.54 Å². The first-order chi connectivity index (χ1) is 10.7. The lowest BCUT2D eigenvalue weighted by Gasteiger charge is -2.16. The van der Waals surface area contributed by atoms with Crippen molar-refractivity contribution < 1.29 is 9.21 Å². The van der Waals surface area contributed by atoms with Crippen LogP contribution >= 0.6 is 0 Å². The maximum absolute atomic E-state index is 12.2. The van der Waals surface area contributed by atoms with Gasteiger partial charge >= 0.3 is 0 Å². The molecule has 0 saturated carbocycles. The monoisotopic (exact) mass is 302 g/mol. The molecule has 1 aliphatic heterocycles. The van der Waals surface area contributed by atoms with Crippen LogP contribution in [0.5, 0.6) is 0 Å². The molecule has 0 aromatic carbocycles. The van der Waals surface area contributed by atoms with E-state index in [-0.39, 0.29) is 18.0 Å². The zero-order valence-corrected chi connectivity index (χ0v) is 12.5. The summed E-state index contributed by atoms with van der Waals surface area (Å²) in [6, 6.07) is 3.05. The maximum atomic E-state index is 12.2. The summed E-state index contributed by atoms with van der Waals surface area (Å²) in [6.07, 6.45) is 4.31. The van der Waals surface area contributed by atoms with Crippen molar-refractivity contribution in [2.75, 3.05) is 13.1 Å². The van der Waals surface area contributed by atoms with Crippen LogP contribution < -0.4 is 5.56 Å². The standard InChI is InChI=1S/C15H18N4O3/c1-2-12-16-17-15(22-12)11-5-6-13(20)19(9-11)10-14(21)18-7-3-4-8-18/h5-6,9H,2-4,7-8,10H2,1H3. The van der Waals surface area contributed by atoms with E-state index in [1.54, 1.807) is 17.2 Å². The van der Waals surface area contributed by atoms with E-state index in [4.69, 9.17) is 4.42 Å². The SMILES string of the molecule is CCc1nnc(-c2ccc(=O)n(CC(=O)N3CCCC3)c2)o1. The van der Waals surface area contributed by atoms with Crippen LogP contribution in [0.2, 0.25) is 0 Å². The number of nitrogens with zero attached hydrogens (tertiary/aromatic N) is 4. The van der Waals surface area contributed by atoms with Crippen LogP contribution in [0, 0.1) is 0 Å². The number of amides is 1. The minimum Gasteiger partial charge on any atom is -0.421 e. The first-order valence-electron chi connectivity index (χ1n) is 7.48. The quantitative estimate of drug-likeness (QED) is 0.844. The molecule has 2 aromatic rings. The minimum atomic E-state index is -0.216. The van der Waals surface area contributed by atoms with Gasteiger partial charge in [-0.2, -0.15) is 0 Å². The Balaban J connectivity index is 1.83. The van der Waals surface area contributed by atoms with E-state index in [9.17, 15) is 9.59 Å². The molecule has 7 heteroatoms. The Labute approximate surface area is 127 Å². The summed E-state index contributed by atoms with van der Waals surface area (Å²) >= 11 is 0. The smallest absolute Gasteiger partial charge is 0.251 e. The molecule has 1 aliphatic rings. The summed E-state index contributed by atoms with van der Waals surface area (Å²) in [6.45, 7) is 3.52. The lowest BCUT2D eigenvalue weighted by atomic mass is 10.3. The molecule has 2 aromatic heterocycles. The zero-order chi connectivity index (χ0) is 15.5. The topological polar surface area (TPSA) is 81.2 Å². The van der Waals surface area contributed by atoms with Crippen LogP contribution in [0.3, 0.4) is 0 Å². The van der Waals surface area contributed by atoms with Crippen molar-refractivity contribution in [1.82, 2.24) is 19.7 Å². The second kappa shape index (κ2) is 6.13. The molecular weight excluding hydrogens is 284 g/mol. The molecule has 1 fully saturated rings. The van der Waals surface area contributed by atoms with Crippen molar-refractivity contribution in [1.29, 1.82) is 0 Å². The summed E-state index contributed by atoms with van der Waals surface area (Å²) in [7, 11) is 0. The van der Waals surface area contributed by atoms with Crippen molar-refractivity contribution >= 4 is 5.91 Å². The zero-order valence-electron chi connectivity index (χ0n) is 12.5. The number of carbonyl (C=O) groups is 1. The molecule has 116 valence electrons. The van der Waals surface area contributed by atoms with E-state index in [2.05, 4.69) is 10.2 Å². The maximum Gasteiger partial charge on any atom is 0.251 e. The molecule has 0 spiro atoms. The summed E-state index contributed by atoms with van der Waals surface area (Å²) in [5.74, 6) is 0.872. The fourth-order valence-corrected chi connectivity index (χ4v) is 2.51. The number of aromatic nitrogens is 3. The molecule has 0 radical (unpaired) electrons. The van der Waals surface area contributed by atoms with Gasteiger partial charge < -0.3 is 13.9 Å². The molecule has 0 unspecified atom stereocenters. The van der Waals surface area contributed by atoms with Gasteiger partial charge in [0.2, 0.25) is 17.7 Å². The van der Waals surface area contributed by atoms with Gasteiger partial charge in [0.05, 0.1) is 5.56 Å². The Morgan fingerprint density at radius 3 is 2.73 bits per heavy atom. The summed E-state index contributed by atoms with van der Waals surface area (Å²) < 4.78 is 6.88. The summed E-state index contributed by atoms with van der Waals surface area (Å²) in [4.78, 5) is 25.9. The predicted molar refractivity (Wildman–Crippen MR) is 79.2 cm³/mol. The number of rotatable bonds is 4. The highest BCUT2D eigenvalue weighted by Crippen LogP contribution is 2.16. The number of likely N-dealkylation sites (tertiary alicyclic amines) is 1. The van der Waals surface area contributed by atoms with Crippen LogP contribution in [0.15, 0.2) is 27.5 Å². The minimum absolute atomic E-state index is 0.0310. The molecule has 22 heavy (non-hydrogen) atoms. The molecule has 0 aliphatic carbocycles. The molecule has 3 rings (SSSR count). The lowest BCUT2D eigenvalue weighted by Crippen LogP contribution is -2.34. The molecule has 0 bridgehead atoms. The van der Waals surface area contributed by atoms with Crippen LogP contribution in [-0.4, -0.2) is 38.7 Å². The molecule has 0 atom stereocenters. The second-order valence-corrected chi connectivity index (χ2v) is 5.33. The number of carbonyl (C=O) groups excluding carboxylic acids is 1. The Morgan fingerprint density at radius 2 is 2.05 bits per heavy atom. The Hall–Kier alpha value is -2.44. The highest BCUT2D eigenvalue weighted by Gasteiger charge is 2.19. The molecule has 3 heterocycles. The Kier molecular flexibility index (Phi) is 4.04. The molecular formula is C15H18N4O3. The van der Waals surface area contributed by atoms with Crippen LogP contribution in [-0.2, 0) is 17.8 Å². The van der Waals surface area contributed by atoms with Crippen molar-refractivity contribution in [3.05, 3.63) is 34.6 Å². The molecule has 1 saturated heterocycles. The average Bonchev–Trinajstić information content (AvgIpc) is 3.20. The van der Waals surface area contributed by atoms with Gasteiger partial charge in [0.15, 0.2) is 0 Å². The number of pyridine rings is 1. The highest BCUT2D eigenvalue weighted by molar-refractivity contribution is 5.76. The largest absolute Gasteiger partial charge is 0.421 e. The van der Waals surface area contributed by atoms with Gasteiger partial charge in [-0.25, -0.2) is 0 Å². The van der Waals surface area contributed by atoms with E-state index in [1.165, 1.54) is 10.6 Å². The average molecular weight is 302 g/mol. The number of hydrogen-bond acceptors (Lipinski definition) is 5. The normalized spacial score (nSPS) is 14.5. The highest BCUT2D eigenvalue weighted by atomic mass is 16.4. The fraction of sp³-hybridized carbons (Fsp3) is 0.467. The number of hydrogen-bond donors (Lipinski definition) is 0. The molecule has 7 nitrogen and oxygen atoms in total. The van der Waals surface area contributed by atoms with Gasteiger partial charge in [-0.05, 0) is 18.9 Å².